The number of rotatable bonds is 4. The van der Waals surface area contributed by atoms with Crippen molar-refractivity contribution in [3.05, 3.63) is 34.9 Å². The van der Waals surface area contributed by atoms with E-state index in [1.807, 2.05) is 0 Å². The van der Waals surface area contributed by atoms with Crippen molar-refractivity contribution in [2.45, 2.75) is 24.4 Å². The molecule has 1 N–H and O–H groups in total. The molecule has 23 heavy (non-hydrogen) atoms. The molecule has 1 aromatic rings. The van der Waals surface area contributed by atoms with E-state index >= 15 is 0 Å². The summed E-state index contributed by atoms with van der Waals surface area (Å²) in [5.41, 5.74) is -7.46. The van der Waals surface area contributed by atoms with E-state index < -0.39 is 47.0 Å². The number of methoxy groups -OCH3 is 1. The summed E-state index contributed by atoms with van der Waals surface area (Å²) in [6.45, 7) is 0. The van der Waals surface area contributed by atoms with Crippen LogP contribution in [0.15, 0.2) is 18.2 Å². The van der Waals surface area contributed by atoms with Gasteiger partial charge in [-0.05, 0) is 23.8 Å². The minimum Gasteiger partial charge on any atom is -0.467 e. The van der Waals surface area contributed by atoms with Gasteiger partial charge in [-0.25, -0.2) is 4.79 Å². The number of carbonyl (C=O) groups is 2. The summed E-state index contributed by atoms with van der Waals surface area (Å²) in [5.74, 6) is -1.56. The minimum absolute atomic E-state index is 0.0234. The van der Waals surface area contributed by atoms with E-state index in [-0.39, 0.29) is 24.5 Å². The Kier molecular flexibility index (Phi) is 5.10. The SMILES string of the molecule is COC(=O)[C@@](O)(CC=O)c1cc(C(F)(F)F)cc(C(F)(F)F)c1. The number of aliphatic hydroxyl groups is 1. The topological polar surface area (TPSA) is 63.6 Å². The lowest BCUT2D eigenvalue weighted by Gasteiger charge is -2.25. The van der Waals surface area contributed by atoms with Crippen molar-refractivity contribution in [3.63, 3.8) is 0 Å². The second kappa shape index (κ2) is 6.19. The fourth-order valence-corrected chi connectivity index (χ4v) is 1.80. The van der Waals surface area contributed by atoms with E-state index in [0.29, 0.717) is 0 Å². The Balaban J connectivity index is 3.67. The van der Waals surface area contributed by atoms with Crippen LogP contribution in [0.25, 0.3) is 0 Å². The number of ether oxygens (including phenoxy) is 1. The predicted octanol–water partition coefficient (Wildman–Crippen LogP) is 2.67. The standard InChI is InChI=1S/C13H10F6O4/c1-23-10(21)11(22,2-3-20)7-4-8(12(14,15)16)6-9(5-7)13(17,18)19/h3-6,22H,2H2,1H3/t11-/m1/s1. The lowest BCUT2D eigenvalue weighted by molar-refractivity contribution is -0.165. The molecule has 0 heterocycles. The first-order valence-corrected chi connectivity index (χ1v) is 5.90. The van der Waals surface area contributed by atoms with Gasteiger partial charge in [-0.2, -0.15) is 26.3 Å². The number of halogens is 6. The third-order valence-corrected chi connectivity index (χ3v) is 2.97. The van der Waals surface area contributed by atoms with Crippen molar-refractivity contribution in [1.82, 2.24) is 0 Å². The Morgan fingerprint density at radius 2 is 1.43 bits per heavy atom. The molecule has 0 spiro atoms. The Morgan fingerprint density at radius 1 is 1.04 bits per heavy atom. The molecule has 0 unspecified atom stereocenters. The molecule has 1 atom stereocenters. The third-order valence-electron chi connectivity index (χ3n) is 2.97. The summed E-state index contributed by atoms with van der Waals surface area (Å²) in [4.78, 5) is 22.1. The van der Waals surface area contributed by atoms with Gasteiger partial charge in [-0.15, -0.1) is 0 Å². The quantitative estimate of drug-likeness (QED) is 0.518. The predicted molar refractivity (Wildman–Crippen MR) is 63.0 cm³/mol. The summed E-state index contributed by atoms with van der Waals surface area (Å²) in [6.07, 6.45) is -11.4. The van der Waals surface area contributed by atoms with E-state index in [9.17, 15) is 41.0 Å². The van der Waals surface area contributed by atoms with Crippen molar-refractivity contribution in [2.24, 2.45) is 0 Å². The largest absolute Gasteiger partial charge is 0.467 e. The Labute approximate surface area is 125 Å². The maximum Gasteiger partial charge on any atom is 0.416 e. The number of carbonyl (C=O) groups excluding carboxylic acids is 2. The Morgan fingerprint density at radius 3 is 1.74 bits per heavy atom. The zero-order valence-electron chi connectivity index (χ0n) is 11.5. The van der Waals surface area contributed by atoms with Gasteiger partial charge in [0, 0.05) is 6.42 Å². The third kappa shape index (κ3) is 4.01. The van der Waals surface area contributed by atoms with Gasteiger partial charge in [0.15, 0.2) is 5.60 Å². The molecule has 0 amide bonds. The number of hydrogen-bond acceptors (Lipinski definition) is 4. The van der Waals surface area contributed by atoms with E-state index in [0.717, 1.165) is 7.11 Å². The maximum atomic E-state index is 12.8. The van der Waals surface area contributed by atoms with Crippen molar-refractivity contribution in [1.29, 1.82) is 0 Å². The van der Waals surface area contributed by atoms with Crippen LogP contribution in [-0.2, 0) is 32.3 Å². The average molecular weight is 344 g/mol. The van der Waals surface area contributed by atoms with Gasteiger partial charge in [0.2, 0.25) is 0 Å². The van der Waals surface area contributed by atoms with Gasteiger partial charge in [0.25, 0.3) is 0 Å². The molecule has 4 nitrogen and oxygen atoms in total. The molecule has 0 saturated carbocycles. The lowest BCUT2D eigenvalue weighted by Crippen LogP contribution is -2.37. The fourth-order valence-electron chi connectivity index (χ4n) is 1.80. The van der Waals surface area contributed by atoms with E-state index in [1.165, 1.54) is 0 Å². The van der Waals surface area contributed by atoms with Crippen LogP contribution >= 0.6 is 0 Å². The van der Waals surface area contributed by atoms with Gasteiger partial charge in [0.05, 0.1) is 18.2 Å². The molecule has 128 valence electrons. The Bertz CT molecular complexity index is 575. The summed E-state index contributed by atoms with van der Waals surface area (Å²) in [7, 11) is 0.760. The van der Waals surface area contributed by atoms with E-state index in [1.54, 1.807) is 0 Å². The number of esters is 1. The van der Waals surface area contributed by atoms with E-state index in [4.69, 9.17) is 0 Å². The molecular formula is C13H10F6O4. The molecule has 0 bridgehead atoms. The zero-order valence-corrected chi connectivity index (χ0v) is 11.5. The highest BCUT2D eigenvalue weighted by Gasteiger charge is 2.44. The van der Waals surface area contributed by atoms with Crippen molar-refractivity contribution < 1.29 is 45.8 Å². The second-order valence-corrected chi connectivity index (χ2v) is 4.52. The number of aldehydes is 1. The average Bonchev–Trinajstić information content (AvgIpc) is 2.44. The van der Waals surface area contributed by atoms with Gasteiger partial charge in [-0.1, -0.05) is 0 Å². The molecule has 0 radical (unpaired) electrons. The molecule has 1 rings (SSSR count). The Hall–Kier alpha value is -2.10. The number of benzene rings is 1. The van der Waals surface area contributed by atoms with Crippen LogP contribution < -0.4 is 0 Å². The van der Waals surface area contributed by atoms with Gasteiger partial charge >= 0.3 is 18.3 Å². The number of alkyl halides is 6. The van der Waals surface area contributed by atoms with Crippen LogP contribution in [0.2, 0.25) is 0 Å². The summed E-state index contributed by atoms with van der Waals surface area (Å²) < 4.78 is 80.7. The van der Waals surface area contributed by atoms with Gasteiger partial charge < -0.3 is 14.6 Å². The van der Waals surface area contributed by atoms with Crippen molar-refractivity contribution >= 4 is 12.3 Å². The van der Waals surface area contributed by atoms with Gasteiger partial charge in [-0.3, -0.25) is 0 Å². The normalized spacial score (nSPS) is 15.0. The second-order valence-electron chi connectivity index (χ2n) is 4.52. The lowest BCUT2D eigenvalue weighted by atomic mass is 9.88. The van der Waals surface area contributed by atoms with Crippen LogP contribution in [0.1, 0.15) is 23.1 Å². The maximum absolute atomic E-state index is 12.8. The van der Waals surface area contributed by atoms with Crippen molar-refractivity contribution in [2.75, 3.05) is 7.11 Å². The zero-order chi connectivity index (χ0) is 18.1. The molecule has 0 aliphatic rings. The molecule has 1 aromatic carbocycles. The molecule has 0 aromatic heterocycles. The first-order valence-electron chi connectivity index (χ1n) is 5.90. The monoisotopic (exact) mass is 344 g/mol. The van der Waals surface area contributed by atoms with Gasteiger partial charge in [0.1, 0.15) is 6.29 Å². The molecule has 0 fully saturated rings. The smallest absolute Gasteiger partial charge is 0.416 e. The summed E-state index contributed by atoms with van der Waals surface area (Å²) in [6, 6.07) is 0.160. The molecule has 0 aliphatic heterocycles. The molecule has 0 saturated heterocycles. The first kappa shape index (κ1) is 18.9. The summed E-state index contributed by atoms with van der Waals surface area (Å²) >= 11 is 0. The highest BCUT2D eigenvalue weighted by Crippen LogP contribution is 2.39. The molecule has 0 aliphatic carbocycles. The highest BCUT2D eigenvalue weighted by atomic mass is 19.4. The van der Waals surface area contributed by atoms with Crippen LogP contribution in [0.5, 0.6) is 0 Å². The molecule has 10 heteroatoms. The van der Waals surface area contributed by atoms with Crippen LogP contribution in [0, 0.1) is 0 Å². The molecular weight excluding hydrogens is 334 g/mol. The highest BCUT2D eigenvalue weighted by molar-refractivity contribution is 5.84. The fraction of sp³-hybridized carbons (Fsp3) is 0.385. The van der Waals surface area contributed by atoms with Crippen LogP contribution in [0.3, 0.4) is 0 Å². The van der Waals surface area contributed by atoms with E-state index in [2.05, 4.69) is 4.74 Å². The first-order chi connectivity index (χ1) is 10.4. The number of hydrogen-bond donors (Lipinski definition) is 1. The van der Waals surface area contributed by atoms with Crippen LogP contribution in [-0.4, -0.2) is 24.5 Å². The van der Waals surface area contributed by atoms with Crippen LogP contribution in [0.4, 0.5) is 26.3 Å². The minimum atomic E-state index is -5.16. The summed E-state index contributed by atoms with van der Waals surface area (Å²) in [5, 5.41) is 10.1. The van der Waals surface area contributed by atoms with Crippen molar-refractivity contribution in [3.8, 4) is 0 Å².